The minimum atomic E-state index is -0.450. The lowest BCUT2D eigenvalue weighted by molar-refractivity contribution is -0.115. The van der Waals surface area contributed by atoms with Crippen molar-refractivity contribution in [1.82, 2.24) is 19.7 Å². The molecule has 1 atom stereocenters. The fourth-order valence-electron chi connectivity index (χ4n) is 3.40. The maximum atomic E-state index is 13.0. The number of amides is 1. The van der Waals surface area contributed by atoms with Crippen LogP contribution in [0.3, 0.4) is 0 Å². The molecule has 0 aliphatic heterocycles. The summed E-state index contributed by atoms with van der Waals surface area (Å²) in [5, 5.41) is 12.0. The molecule has 0 aliphatic rings. The number of aromatic nitrogens is 4. The van der Waals surface area contributed by atoms with Crippen LogP contribution in [0.4, 0.5) is 5.69 Å². The van der Waals surface area contributed by atoms with Crippen molar-refractivity contribution in [3.63, 3.8) is 0 Å². The van der Waals surface area contributed by atoms with Gasteiger partial charge in [0.25, 0.3) is 0 Å². The highest BCUT2D eigenvalue weighted by Crippen LogP contribution is 2.32. The summed E-state index contributed by atoms with van der Waals surface area (Å²) >= 11 is 1.34. The molecule has 1 unspecified atom stereocenters. The highest BCUT2D eigenvalue weighted by atomic mass is 32.2. The van der Waals surface area contributed by atoms with E-state index in [1.54, 1.807) is 44.8 Å². The molecule has 174 valence electrons. The van der Waals surface area contributed by atoms with Gasteiger partial charge in [-0.15, -0.1) is 10.2 Å². The first-order valence-electron chi connectivity index (χ1n) is 10.6. The lowest BCUT2D eigenvalue weighted by Crippen LogP contribution is -2.23. The van der Waals surface area contributed by atoms with Gasteiger partial charge >= 0.3 is 0 Å². The van der Waals surface area contributed by atoms with Crippen LogP contribution in [-0.4, -0.2) is 45.1 Å². The molecule has 0 aliphatic carbocycles. The molecule has 9 heteroatoms. The molecule has 0 bridgehead atoms. The molecule has 2 heterocycles. The van der Waals surface area contributed by atoms with Crippen molar-refractivity contribution in [3.8, 4) is 28.6 Å². The third-order valence-electron chi connectivity index (χ3n) is 5.20. The van der Waals surface area contributed by atoms with Crippen molar-refractivity contribution in [3.05, 3.63) is 72.6 Å². The molecule has 0 saturated carbocycles. The van der Waals surface area contributed by atoms with Gasteiger partial charge in [-0.1, -0.05) is 30.0 Å². The minimum Gasteiger partial charge on any atom is -0.497 e. The molecule has 2 aromatic carbocycles. The number of thioether (sulfide) groups is 1. The first kappa shape index (κ1) is 23.3. The number of benzene rings is 2. The fourth-order valence-corrected chi connectivity index (χ4v) is 4.26. The number of methoxy groups -OCH3 is 2. The van der Waals surface area contributed by atoms with E-state index in [0.29, 0.717) is 28.2 Å². The van der Waals surface area contributed by atoms with E-state index in [9.17, 15) is 4.79 Å². The van der Waals surface area contributed by atoms with Gasteiger partial charge in [0.15, 0.2) is 11.0 Å². The highest BCUT2D eigenvalue weighted by Gasteiger charge is 2.23. The van der Waals surface area contributed by atoms with Crippen LogP contribution in [0.5, 0.6) is 11.5 Å². The Labute approximate surface area is 202 Å². The summed E-state index contributed by atoms with van der Waals surface area (Å²) in [6.07, 6.45) is 3.44. The Morgan fingerprint density at radius 1 is 1.00 bits per heavy atom. The average molecular weight is 476 g/mol. The number of hydrogen-bond donors (Lipinski definition) is 1. The predicted octanol–water partition coefficient (Wildman–Crippen LogP) is 4.77. The van der Waals surface area contributed by atoms with Crippen LogP contribution >= 0.6 is 11.8 Å². The second-order valence-corrected chi connectivity index (χ2v) is 8.82. The molecule has 0 radical (unpaired) electrons. The van der Waals surface area contributed by atoms with Gasteiger partial charge in [0.1, 0.15) is 11.5 Å². The zero-order valence-corrected chi connectivity index (χ0v) is 20.2. The number of carbonyl (C=O) groups excluding carboxylic acids is 1. The number of nitrogens with zero attached hydrogens (tertiary/aromatic N) is 4. The Hall–Kier alpha value is -3.85. The molecule has 4 rings (SSSR count). The molecule has 0 spiro atoms. The minimum absolute atomic E-state index is 0.176. The Bertz CT molecular complexity index is 1270. The molecule has 8 nitrogen and oxygen atoms in total. The van der Waals surface area contributed by atoms with Crippen molar-refractivity contribution in [2.75, 3.05) is 19.5 Å². The predicted molar refractivity (Wildman–Crippen MR) is 133 cm³/mol. The van der Waals surface area contributed by atoms with Gasteiger partial charge in [-0.3, -0.25) is 14.3 Å². The zero-order valence-electron chi connectivity index (χ0n) is 19.4. The Morgan fingerprint density at radius 3 is 2.32 bits per heavy atom. The first-order chi connectivity index (χ1) is 16.5. The molecule has 0 saturated heterocycles. The van der Waals surface area contributed by atoms with Crippen LogP contribution in [0.15, 0.2) is 72.1 Å². The molecule has 0 fully saturated rings. The fraction of sp³-hybridized carbons (Fsp3) is 0.200. The van der Waals surface area contributed by atoms with Gasteiger partial charge in [0.05, 0.1) is 25.2 Å². The summed E-state index contributed by atoms with van der Waals surface area (Å²) in [6, 6.07) is 17.0. The van der Waals surface area contributed by atoms with E-state index in [2.05, 4.69) is 20.5 Å². The van der Waals surface area contributed by atoms with Gasteiger partial charge in [-0.25, -0.2) is 0 Å². The molecule has 1 N–H and O–H groups in total. The van der Waals surface area contributed by atoms with Gasteiger partial charge in [-0.05, 0) is 37.6 Å². The third-order valence-corrected chi connectivity index (χ3v) is 6.24. The second kappa shape index (κ2) is 10.4. The number of anilines is 1. The average Bonchev–Trinajstić information content (AvgIpc) is 3.27. The summed E-state index contributed by atoms with van der Waals surface area (Å²) < 4.78 is 12.6. The van der Waals surface area contributed by atoms with Crippen LogP contribution in [0.25, 0.3) is 17.1 Å². The Morgan fingerprint density at radius 2 is 1.68 bits per heavy atom. The van der Waals surface area contributed by atoms with Gasteiger partial charge in [-0.2, -0.15) is 0 Å². The molecule has 34 heavy (non-hydrogen) atoms. The topological polar surface area (TPSA) is 91.2 Å². The van der Waals surface area contributed by atoms with E-state index in [1.165, 1.54) is 11.8 Å². The van der Waals surface area contributed by atoms with Crippen molar-refractivity contribution in [1.29, 1.82) is 0 Å². The maximum Gasteiger partial charge on any atom is 0.237 e. The number of para-hydroxylation sites is 1. The van der Waals surface area contributed by atoms with E-state index < -0.39 is 5.25 Å². The quantitative estimate of drug-likeness (QED) is 0.367. The number of carbonyl (C=O) groups is 1. The van der Waals surface area contributed by atoms with Crippen LogP contribution < -0.4 is 14.8 Å². The number of nitrogens with one attached hydrogen (secondary N) is 1. The van der Waals surface area contributed by atoms with E-state index in [4.69, 9.17) is 9.47 Å². The SMILES string of the molecule is COc1cc(NC(=O)C(C)Sc2nnc(-c3ccncc3)n2-c2ccccc2C)cc(OC)c1. The van der Waals surface area contributed by atoms with E-state index in [1.807, 2.05) is 54.8 Å². The van der Waals surface area contributed by atoms with Crippen LogP contribution in [-0.2, 0) is 4.79 Å². The first-order valence-corrected chi connectivity index (χ1v) is 11.5. The van der Waals surface area contributed by atoms with Crippen molar-refractivity contribution in [2.45, 2.75) is 24.3 Å². The monoisotopic (exact) mass is 475 g/mol. The summed E-state index contributed by atoms with van der Waals surface area (Å²) in [4.78, 5) is 17.1. The molecular formula is C25H25N5O3S. The third kappa shape index (κ3) is 5.04. The van der Waals surface area contributed by atoms with Crippen LogP contribution in [0.1, 0.15) is 12.5 Å². The molecular weight excluding hydrogens is 450 g/mol. The normalized spacial score (nSPS) is 11.6. The number of rotatable bonds is 8. The lowest BCUT2D eigenvalue weighted by Gasteiger charge is -2.16. The molecule has 2 aromatic heterocycles. The van der Waals surface area contributed by atoms with Gasteiger partial charge in [0.2, 0.25) is 5.91 Å². The second-order valence-electron chi connectivity index (χ2n) is 7.51. The summed E-state index contributed by atoms with van der Waals surface area (Å²) in [6.45, 7) is 3.87. The lowest BCUT2D eigenvalue weighted by atomic mass is 10.2. The van der Waals surface area contributed by atoms with Crippen molar-refractivity contribution >= 4 is 23.4 Å². The number of aryl methyl sites for hydroxylation is 1. The number of hydrogen-bond acceptors (Lipinski definition) is 7. The smallest absolute Gasteiger partial charge is 0.237 e. The van der Waals surface area contributed by atoms with Gasteiger partial charge in [0, 0.05) is 41.8 Å². The Balaban J connectivity index is 1.63. The van der Waals surface area contributed by atoms with Crippen LogP contribution in [0, 0.1) is 6.92 Å². The highest BCUT2D eigenvalue weighted by molar-refractivity contribution is 8.00. The van der Waals surface area contributed by atoms with E-state index in [0.717, 1.165) is 16.8 Å². The van der Waals surface area contributed by atoms with E-state index >= 15 is 0 Å². The largest absolute Gasteiger partial charge is 0.497 e. The molecule has 4 aromatic rings. The standard InChI is InChI=1S/C25H25N5O3S/c1-16-7-5-6-8-22(16)30-23(18-9-11-26-12-10-18)28-29-25(30)34-17(2)24(31)27-19-13-20(32-3)15-21(14-19)33-4/h5-15,17H,1-4H3,(H,27,31). The number of pyridine rings is 1. The van der Waals surface area contributed by atoms with Crippen molar-refractivity contribution < 1.29 is 14.3 Å². The summed E-state index contributed by atoms with van der Waals surface area (Å²) in [5.74, 6) is 1.70. The summed E-state index contributed by atoms with van der Waals surface area (Å²) in [7, 11) is 3.13. The number of ether oxygens (including phenoxy) is 2. The van der Waals surface area contributed by atoms with E-state index in [-0.39, 0.29) is 5.91 Å². The summed E-state index contributed by atoms with van der Waals surface area (Å²) in [5.41, 5.74) is 3.50. The Kier molecular flexibility index (Phi) is 7.12. The van der Waals surface area contributed by atoms with Crippen molar-refractivity contribution in [2.24, 2.45) is 0 Å². The zero-order chi connectivity index (χ0) is 24.1. The molecule has 1 amide bonds. The maximum absolute atomic E-state index is 13.0. The van der Waals surface area contributed by atoms with Crippen LogP contribution in [0.2, 0.25) is 0 Å². The van der Waals surface area contributed by atoms with Gasteiger partial charge < -0.3 is 14.8 Å².